The Kier molecular flexibility index (Phi) is 6.48. The molecule has 1 saturated carbocycles. The van der Waals surface area contributed by atoms with Crippen molar-refractivity contribution in [3.63, 3.8) is 0 Å². The van der Waals surface area contributed by atoms with E-state index in [1.54, 1.807) is 41.5 Å². The Morgan fingerprint density at radius 1 is 1.00 bits per heavy atom. The zero-order chi connectivity index (χ0) is 23.1. The first-order valence-corrected chi connectivity index (χ1v) is 9.98. The van der Waals surface area contributed by atoms with Gasteiger partial charge in [-0.1, -0.05) is 12.1 Å². The summed E-state index contributed by atoms with van der Waals surface area (Å²) in [5.74, 6) is -6.18. The summed E-state index contributed by atoms with van der Waals surface area (Å²) in [5.41, 5.74) is -3.08. The van der Waals surface area contributed by atoms with Gasteiger partial charge < -0.3 is 14.6 Å². The van der Waals surface area contributed by atoms with Crippen LogP contribution in [-0.4, -0.2) is 39.6 Å². The molecule has 0 heterocycles. The van der Waals surface area contributed by atoms with Crippen molar-refractivity contribution in [3.8, 4) is 0 Å². The summed E-state index contributed by atoms with van der Waals surface area (Å²) in [6.45, 7) is 11.5. The third-order valence-electron chi connectivity index (χ3n) is 4.84. The Morgan fingerprint density at radius 3 is 1.93 bits per heavy atom. The second kappa shape index (κ2) is 8.10. The van der Waals surface area contributed by atoms with Crippen molar-refractivity contribution in [1.82, 2.24) is 0 Å². The quantitative estimate of drug-likeness (QED) is 0.592. The van der Waals surface area contributed by atoms with Crippen molar-refractivity contribution in [1.29, 1.82) is 0 Å². The highest BCUT2D eigenvalue weighted by Gasteiger charge is 2.57. The van der Waals surface area contributed by atoms with Crippen LogP contribution < -0.4 is 0 Å². The highest BCUT2D eigenvalue weighted by atomic mass is 19.1. The monoisotopic (exact) mass is 422 g/mol. The highest BCUT2D eigenvalue weighted by Crippen LogP contribution is 2.47. The zero-order valence-electron chi connectivity index (χ0n) is 18.6. The number of rotatable bonds is 3. The Morgan fingerprint density at radius 2 is 1.47 bits per heavy atom. The van der Waals surface area contributed by atoms with E-state index in [0.717, 1.165) is 0 Å². The van der Waals surface area contributed by atoms with Gasteiger partial charge in [-0.2, -0.15) is 0 Å². The van der Waals surface area contributed by atoms with Crippen LogP contribution in [0.1, 0.15) is 66.4 Å². The molecule has 0 bridgehead atoms. The van der Waals surface area contributed by atoms with Gasteiger partial charge in [0.05, 0.1) is 11.5 Å². The lowest BCUT2D eigenvalue weighted by Gasteiger charge is -2.44. The number of aliphatic hydroxyl groups is 1. The van der Waals surface area contributed by atoms with Crippen LogP contribution >= 0.6 is 0 Å². The first-order chi connectivity index (χ1) is 13.5. The number of ketones is 1. The standard InChI is InChI=1S/C23H31FO6/c1-21(2,3)29-19(26)17-15(25)12-23(7,28)18(20(27)30-22(4,5)6)16(17)13-8-10-14(24)11-9-13/h8-11,16-18,28H,12H2,1-7H3/t16-,17+,18+,23+/m0/s1. The minimum Gasteiger partial charge on any atom is -0.460 e. The maximum absolute atomic E-state index is 13.5. The predicted octanol–water partition coefficient (Wildman–Crippen LogP) is 3.55. The normalized spacial score (nSPS) is 27.5. The maximum Gasteiger partial charge on any atom is 0.317 e. The number of halogens is 1. The molecule has 6 nitrogen and oxygen atoms in total. The third kappa shape index (κ3) is 5.65. The molecule has 0 radical (unpaired) electrons. The molecule has 1 aliphatic rings. The lowest BCUT2D eigenvalue weighted by molar-refractivity contribution is -0.182. The molecule has 0 saturated heterocycles. The fourth-order valence-electron chi connectivity index (χ4n) is 3.83. The molecule has 1 aliphatic carbocycles. The molecule has 0 spiro atoms. The molecule has 1 N–H and O–H groups in total. The molecule has 1 aromatic rings. The average Bonchev–Trinajstić information content (AvgIpc) is 2.50. The molecule has 4 atom stereocenters. The third-order valence-corrected chi connectivity index (χ3v) is 4.84. The molecule has 166 valence electrons. The summed E-state index contributed by atoms with van der Waals surface area (Å²) in [7, 11) is 0. The summed E-state index contributed by atoms with van der Waals surface area (Å²) in [5, 5.41) is 11.0. The smallest absolute Gasteiger partial charge is 0.317 e. The van der Waals surface area contributed by atoms with Crippen molar-refractivity contribution in [2.24, 2.45) is 11.8 Å². The van der Waals surface area contributed by atoms with Gasteiger partial charge in [0.1, 0.15) is 22.9 Å². The molecule has 7 heteroatoms. The topological polar surface area (TPSA) is 89.9 Å². The summed E-state index contributed by atoms with van der Waals surface area (Å²) in [4.78, 5) is 39.1. The fraction of sp³-hybridized carbons (Fsp3) is 0.609. The number of Topliss-reactive ketones (excluding diaryl/α,β-unsaturated/α-hetero) is 1. The molecule has 30 heavy (non-hydrogen) atoms. The molecule has 0 amide bonds. The molecule has 0 aromatic heterocycles. The molecule has 1 aromatic carbocycles. The van der Waals surface area contributed by atoms with Crippen LogP contribution in [0.2, 0.25) is 0 Å². The molecule has 0 unspecified atom stereocenters. The summed E-state index contributed by atoms with van der Waals surface area (Å²) < 4.78 is 24.5. The van der Waals surface area contributed by atoms with Gasteiger partial charge in [-0.3, -0.25) is 14.4 Å². The Balaban J connectivity index is 2.62. The van der Waals surface area contributed by atoms with Gasteiger partial charge in [0, 0.05) is 12.3 Å². The van der Waals surface area contributed by atoms with Crippen molar-refractivity contribution < 1.29 is 33.4 Å². The van der Waals surface area contributed by atoms with Crippen molar-refractivity contribution in [2.45, 2.75) is 77.6 Å². The number of hydrogen-bond acceptors (Lipinski definition) is 6. The lowest BCUT2D eigenvalue weighted by atomic mass is 9.61. The van der Waals surface area contributed by atoms with Crippen LogP contribution in [-0.2, 0) is 23.9 Å². The fourth-order valence-corrected chi connectivity index (χ4v) is 3.83. The van der Waals surface area contributed by atoms with Crippen molar-refractivity contribution in [2.75, 3.05) is 0 Å². The Hall–Kier alpha value is -2.28. The molecule has 1 fully saturated rings. The Bertz CT molecular complexity index is 814. The zero-order valence-corrected chi connectivity index (χ0v) is 18.6. The largest absolute Gasteiger partial charge is 0.460 e. The van der Waals surface area contributed by atoms with Gasteiger partial charge in [-0.25, -0.2) is 4.39 Å². The average molecular weight is 422 g/mol. The van der Waals surface area contributed by atoms with E-state index in [9.17, 15) is 23.9 Å². The van der Waals surface area contributed by atoms with E-state index < -0.39 is 64.5 Å². The van der Waals surface area contributed by atoms with Gasteiger partial charge in [-0.15, -0.1) is 0 Å². The van der Waals surface area contributed by atoms with E-state index in [4.69, 9.17) is 9.47 Å². The number of ether oxygens (including phenoxy) is 2. The number of esters is 2. The van der Waals surface area contributed by atoms with Gasteiger partial charge in [0.2, 0.25) is 0 Å². The van der Waals surface area contributed by atoms with E-state index in [-0.39, 0.29) is 0 Å². The van der Waals surface area contributed by atoms with Gasteiger partial charge in [0.25, 0.3) is 0 Å². The Labute approximate surface area is 176 Å². The number of hydrogen-bond donors (Lipinski definition) is 1. The van der Waals surface area contributed by atoms with E-state index in [0.29, 0.717) is 5.56 Å². The number of carbonyl (C=O) groups excluding carboxylic acids is 3. The highest BCUT2D eigenvalue weighted by molar-refractivity contribution is 6.03. The first kappa shape index (κ1) is 24.0. The van der Waals surface area contributed by atoms with Crippen LogP contribution in [0.4, 0.5) is 4.39 Å². The minimum absolute atomic E-state index is 0.372. The predicted molar refractivity (Wildman–Crippen MR) is 108 cm³/mol. The van der Waals surface area contributed by atoms with E-state index in [2.05, 4.69) is 0 Å². The van der Waals surface area contributed by atoms with Gasteiger partial charge in [0.15, 0.2) is 5.78 Å². The summed E-state index contributed by atoms with van der Waals surface area (Å²) in [6.07, 6.45) is -0.404. The SMILES string of the molecule is CC(C)(C)OC(=O)[C@@H]1C(=O)C[C@@](C)(O)[C@@H](C(=O)OC(C)(C)C)[C@H]1c1ccc(F)cc1. The van der Waals surface area contributed by atoms with Crippen LogP contribution in [0.3, 0.4) is 0 Å². The van der Waals surface area contributed by atoms with E-state index in [1.165, 1.54) is 31.2 Å². The maximum atomic E-state index is 13.5. The van der Waals surface area contributed by atoms with Crippen LogP contribution in [0.5, 0.6) is 0 Å². The molecule has 2 rings (SSSR count). The summed E-state index contributed by atoms with van der Waals surface area (Å²) >= 11 is 0. The molecular weight excluding hydrogens is 391 g/mol. The van der Waals surface area contributed by atoms with Crippen molar-refractivity contribution in [3.05, 3.63) is 35.6 Å². The molecular formula is C23H31FO6. The van der Waals surface area contributed by atoms with Crippen LogP contribution in [0.25, 0.3) is 0 Å². The number of benzene rings is 1. The second-order valence-corrected chi connectivity index (χ2v) is 10.1. The van der Waals surface area contributed by atoms with Gasteiger partial charge in [-0.05, 0) is 66.2 Å². The van der Waals surface area contributed by atoms with Crippen LogP contribution in [0, 0.1) is 17.7 Å². The van der Waals surface area contributed by atoms with E-state index >= 15 is 0 Å². The van der Waals surface area contributed by atoms with Gasteiger partial charge >= 0.3 is 11.9 Å². The second-order valence-electron chi connectivity index (χ2n) is 10.1. The number of carbonyl (C=O) groups is 3. The van der Waals surface area contributed by atoms with Crippen LogP contribution in [0.15, 0.2) is 24.3 Å². The molecule has 0 aliphatic heterocycles. The summed E-state index contributed by atoms with van der Waals surface area (Å²) in [6, 6.07) is 5.18. The minimum atomic E-state index is -1.75. The lowest BCUT2D eigenvalue weighted by Crippen LogP contribution is -2.56. The van der Waals surface area contributed by atoms with E-state index in [1.807, 2.05) is 0 Å². The van der Waals surface area contributed by atoms with Crippen molar-refractivity contribution >= 4 is 17.7 Å². The first-order valence-electron chi connectivity index (χ1n) is 9.98.